The summed E-state index contributed by atoms with van der Waals surface area (Å²) in [6, 6.07) is 19.5. The van der Waals surface area contributed by atoms with Crippen molar-refractivity contribution in [3.05, 3.63) is 100 Å². The van der Waals surface area contributed by atoms with Crippen molar-refractivity contribution in [3.8, 4) is 22.6 Å². The highest BCUT2D eigenvalue weighted by molar-refractivity contribution is 6.30. The number of hydrogen-bond donors (Lipinski definition) is 0. The van der Waals surface area contributed by atoms with Crippen LogP contribution in [0.3, 0.4) is 0 Å². The second-order valence-corrected chi connectivity index (χ2v) is 6.38. The molecule has 0 radical (unpaired) electrons. The average molecular weight is 376 g/mol. The first kappa shape index (κ1) is 17.1. The van der Waals surface area contributed by atoms with Crippen molar-refractivity contribution >= 4 is 23.6 Å². The van der Waals surface area contributed by atoms with Crippen LogP contribution in [0.1, 0.15) is 10.4 Å². The number of fused-ring (bicyclic) bond motifs is 1. The van der Waals surface area contributed by atoms with Crippen molar-refractivity contribution in [2.45, 2.75) is 0 Å². The predicted molar refractivity (Wildman–Crippen MR) is 106 cm³/mol. The number of nitrogens with zero attached hydrogens (tertiary/aromatic N) is 1. The number of hydrogen-bond acceptors (Lipinski definition) is 3. The zero-order valence-electron chi connectivity index (χ0n) is 14.1. The zero-order chi connectivity index (χ0) is 18.8. The molecule has 2 aliphatic rings. The summed E-state index contributed by atoms with van der Waals surface area (Å²) in [6.07, 6.45) is 4.85. The molecule has 4 rings (SSSR count). The molecule has 0 aliphatic carbocycles. The van der Waals surface area contributed by atoms with E-state index in [0.717, 1.165) is 5.56 Å². The van der Waals surface area contributed by atoms with Crippen molar-refractivity contribution < 1.29 is 9.21 Å². The van der Waals surface area contributed by atoms with Crippen LogP contribution in [0.2, 0.25) is 5.02 Å². The number of carbonyl (C=O) groups is 1. The van der Waals surface area contributed by atoms with Gasteiger partial charge >= 0.3 is 5.63 Å². The van der Waals surface area contributed by atoms with E-state index < -0.39 is 5.63 Å². The normalized spacial score (nSPS) is 11.3. The van der Waals surface area contributed by atoms with Crippen LogP contribution in [0.5, 0.6) is 0 Å². The van der Waals surface area contributed by atoms with E-state index in [2.05, 4.69) is 0 Å². The molecule has 27 heavy (non-hydrogen) atoms. The molecule has 0 N–H and O–H groups in total. The molecule has 5 heteroatoms. The highest BCUT2D eigenvalue weighted by Crippen LogP contribution is 2.32. The molecule has 0 atom stereocenters. The van der Waals surface area contributed by atoms with Crippen molar-refractivity contribution in [1.29, 1.82) is 0 Å². The third-order valence-electron chi connectivity index (χ3n) is 4.21. The smallest absolute Gasteiger partial charge is 0.346 e. The molecule has 2 aliphatic heterocycles. The van der Waals surface area contributed by atoms with Crippen molar-refractivity contribution in [3.63, 3.8) is 0 Å². The molecule has 0 saturated carbocycles. The molecule has 4 nitrogen and oxygen atoms in total. The monoisotopic (exact) mass is 375 g/mol. The van der Waals surface area contributed by atoms with Crippen molar-refractivity contribution in [2.24, 2.45) is 0 Å². The quantitative estimate of drug-likeness (QED) is 0.363. The number of carbonyl (C=O) groups excluding carboxylic acids is 1. The summed E-state index contributed by atoms with van der Waals surface area (Å²) in [5.41, 5.74) is 1.97. The maximum absolute atomic E-state index is 12.4. The predicted octanol–water partition coefficient (Wildman–Crippen LogP) is 5.22. The third-order valence-corrected chi connectivity index (χ3v) is 4.46. The molecule has 2 aromatic carbocycles. The SMILES string of the molecule is O=C(/C=C/n1cccc2oc(=O)c(-c3ccccc3)c1-2)c1ccc(Cl)cc1. The lowest BCUT2D eigenvalue weighted by molar-refractivity contribution is 0.104. The van der Waals surface area contributed by atoms with Crippen LogP contribution in [-0.2, 0) is 0 Å². The molecular formula is C22H14ClNO3. The van der Waals surface area contributed by atoms with Crippen LogP contribution in [0.4, 0.5) is 0 Å². The highest BCUT2D eigenvalue weighted by atomic mass is 35.5. The fourth-order valence-corrected chi connectivity index (χ4v) is 3.05. The van der Waals surface area contributed by atoms with Crippen molar-refractivity contribution in [1.82, 2.24) is 4.57 Å². The van der Waals surface area contributed by atoms with Gasteiger partial charge in [0.05, 0.1) is 5.56 Å². The van der Waals surface area contributed by atoms with E-state index in [-0.39, 0.29) is 5.78 Å². The van der Waals surface area contributed by atoms with Gasteiger partial charge < -0.3 is 8.98 Å². The second-order valence-electron chi connectivity index (χ2n) is 5.95. The summed E-state index contributed by atoms with van der Waals surface area (Å²) in [7, 11) is 0. The number of ketones is 1. The van der Waals surface area contributed by atoms with E-state index in [4.69, 9.17) is 16.0 Å². The van der Waals surface area contributed by atoms with Gasteiger partial charge in [-0.05, 0) is 42.0 Å². The Morgan fingerprint density at radius 2 is 1.70 bits per heavy atom. The summed E-state index contributed by atoms with van der Waals surface area (Å²) >= 11 is 5.86. The van der Waals surface area contributed by atoms with E-state index in [1.165, 1.54) is 6.08 Å². The van der Waals surface area contributed by atoms with Gasteiger partial charge in [0.15, 0.2) is 11.5 Å². The molecule has 0 bridgehead atoms. The Balaban J connectivity index is 1.77. The molecule has 2 heterocycles. The van der Waals surface area contributed by atoms with Crippen LogP contribution >= 0.6 is 11.6 Å². The topological polar surface area (TPSA) is 52.2 Å². The standard InChI is InChI=1S/C22H14ClNO3/c23-17-10-8-15(9-11-17)18(25)12-14-24-13-4-7-19-21(24)20(22(26)27-19)16-5-2-1-3-6-16/h1-14H/b14-12+. The lowest BCUT2D eigenvalue weighted by Gasteiger charge is -2.08. The largest absolute Gasteiger partial charge is 0.421 e. The van der Waals surface area contributed by atoms with E-state index in [0.29, 0.717) is 27.6 Å². The summed E-state index contributed by atoms with van der Waals surface area (Å²) in [5.74, 6) is 0.299. The van der Waals surface area contributed by atoms with E-state index >= 15 is 0 Å². The van der Waals surface area contributed by atoms with Gasteiger partial charge in [-0.15, -0.1) is 0 Å². The Hall–Kier alpha value is -3.37. The summed E-state index contributed by atoms with van der Waals surface area (Å²) in [4.78, 5) is 24.8. The van der Waals surface area contributed by atoms with Gasteiger partial charge in [-0.1, -0.05) is 41.9 Å². The van der Waals surface area contributed by atoms with Gasteiger partial charge in [0.2, 0.25) is 0 Å². The number of aromatic nitrogens is 1. The Morgan fingerprint density at radius 1 is 0.963 bits per heavy atom. The van der Waals surface area contributed by atoms with Gasteiger partial charge in [-0.2, -0.15) is 0 Å². The number of allylic oxidation sites excluding steroid dienone is 1. The lowest BCUT2D eigenvalue weighted by Crippen LogP contribution is -2.01. The minimum Gasteiger partial charge on any atom is -0.421 e. The summed E-state index contributed by atoms with van der Waals surface area (Å²) in [5, 5.41) is 0.573. The summed E-state index contributed by atoms with van der Waals surface area (Å²) < 4.78 is 7.11. The number of rotatable bonds is 4. The van der Waals surface area contributed by atoms with Crippen molar-refractivity contribution in [2.75, 3.05) is 0 Å². The molecule has 132 valence electrons. The molecule has 0 spiro atoms. The Kier molecular flexibility index (Phi) is 4.48. The van der Waals surface area contributed by atoms with Crippen LogP contribution < -0.4 is 5.63 Å². The first-order valence-electron chi connectivity index (χ1n) is 8.30. The minimum absolute atomic E-state index is 0.164. The third kappa shape index (κ3) is 3.35. The minimum atomic E-state index is -0.409. The van der Waals surface area contributed by atoms with Crippen LogP contribution in [0, 0.1) is 0 Å². The molecule has 2 aromatic rings. The van der Waals surface area contributed by atoms with Gasteiger partial charge in [-0.25, -0.2) is 4.79 Å². The van der Waals surface area contributed by atoms with Gasteiger partial charge in [0.1, 0.15) is 5.69 Å². The van der Waals surface area contributed by atoms with E-state index in [1.54, 1.807) is 53.4 Å². The molecule has 0 saturated heterocycles. The lowest BCUT2D eigenvalue weighted by atomic mass is 10.0. The Morgan fingerprint density at radius 3 is 2.44 bits per heavy atom. The molecule has 0 fully saturated rings. The first-order valence-corrected chi connectivity index (χ1v) is 8.68. The van der Waals surface area contributed by atoms with Gasteiger partial charge in [0, 0.05) is 29.1 Å². The molecular weight excluding hydrogens is 362 g/mol. The number of benzene rings is 2. The Bertz CT molecular complexity index is 1150. The van der Waals surface area contributed by atoms with Crippen LogP contribution in [0.25, 0.3) is 28.8 Å². The first-order chi connectivity index (χ1) is 13.1. The van der Waals surface area contributed by atoms with E-state index in [1.807, 2.05) is 30.3 Å². The Labute approximate surface area is 160 Å². The number of furan rings is 1. The number of pyridine rings is 1. The molecule has 0 aromatic heterocycles. The summed E-state index contributed by atoms with van der Waals surface area (Å²) in [6.45, 7) is 0. The highest BCUT2D eigenvalue weighted by Gasteiger charge is 2.21. The molecule has 0 amide bonds. The van der Waals surface area contributed by atoms with Gasteiger partial charge in [-0.3, -0.25) is 4.79 Å². The second kappa shape index (κ2) is 7.09. The maximum Gasteiger partial charge on any atom is 0.346 e. The maximum atomic E-state index is 12.4. The fourth-order valence-electron chi connectivity index (χ4n) is 2.93. The van der Waals surface area contributed by atoms with Crippen LogP contribution in [0.15, 0.2) is 88.2 Å². The fraction of sp³-hybridized carbons (Fsp3) is 0. The average Bonchev–Trinajstić information content (AvgIpc) is 3.03. The number of halogens is 1. The zero-order valence-corrected chi connectivity index (χ0v) is 14.9. The van der Waals surface area contributed by atoms with Gasteiger partial charge in [0.25, 0.3) is 0 Å². The molecule has 0 unspecified atom stereocenters. The van der Waals surface area contributed by atoms with E-state index in [9.17, 15) is 9.59 Å². The van der Waals surface area contributed by atoms with Crippen LogP contribution in [-0.4, -0.2) is 10.4 Å².